The summed E-state index contributed by atoms with van der Waals surface area (Å²) in [5.41, 5.74) is 4.33. The molecule has 7 heteroatoms. The Morgan fingerprint density at radius 1 is 1.33 bits per heavy atom. The predicted molar refractivity (Wildman–Crippen MR) is 106 cm³/mol. The molecule has 0 aliphatic heterocycles. The van der Waals surface area contributed by atoms with Crippen molar-refractivity contribution in [1.29, 1.82) is 0 Å². The van der Waals surface area contributed by atoms with Crippen molar-refractivity contribution in [1.82, 2.24) is 14.8 Å². The molecule has 1 unspecified atom stereocenters. The highest BCUT2D eigenvalue weighted by atomic mass is 32.1. The maximum atomic E-state index is 12.8. The number of fused-ring (bicyclic) bond motifs is 1. The van der Waals surface area contributed by atoms with Crippen LogP contribution in [-0.4, -0.2) is 20.7 Å². The smallest absolute Gasteiger partial charge is 0.266 e. The van der Waals surface area contributed by atoms with Crippen LogP contribution in [0.3, 0.4) is 0 Å². The number of nitrogens with one attached hydrogen (secondary N) is 1. The number of nitrogens with zero attached hydrogens (tertiary/aromatic N) is 3. The molecule has 4 rings (SSSR count). The van der Waals surface area contributed by atoms with Crippen LogP contribution in [-0.2, 0) is 24.7 Å². The van der Waals surface area contributed by atoms with Gasteiger partial charge in [0.15, 0.2) is 0 Å². The molecule has 1 amide bonds. The van der Waals surface area contributed by atoms with E-state index < -0.39 is 0 Å². The SMILES string of the molecule is Cc1nc(-c2cccc(NC(=O)C3CCc4nn(C)c(=O)cc4C3)c2)cs1. The minimum absolute atomic E-state index is 0.0204. The summed E-state index contributed by atoms with van der Waals surface area (Å²) < 4.78 is 1.35. The number of hydrogen-bond donors (Lipinski definition) is 1. The Bertz CT molecular complexity index is 1070. The van der Waals surface area contributed by atoms with Gasteiger partial charge in [-0.3, -0.25) is 9.59 Å². The molecule has 0 saturated carbocycles. The molecule has 138 valence electrons. The third-order valence-corrected chi connectivity index (χ3v) is 5.64. The third kappa shape index (κ3) is 3.68. The molecular formula is C20H20N4O2S. The highest BCUT2D eigenvalue weighted by molar-refractivity contribution is 7.09. The van der Waals surface area contributed by atoms with Gasteiger partial charge in [-0.25, -0.2) is 9.67 Å². The normalized spacial score (nSPS) is 16.0. The second-order valence-electron chi connectivity index (χ2n) is 6.84. The number of benzene rings is 1. The van der Waals surface area contributed by atoms with E-state index >= 15 is 0 Å². The van der Waals surface area contributed by atoms with E-state index in [4.69, 9.17) is 0 Å². The fourth-order valence-corrected chi connectivity index (χ4v) is 4.03. The largest absolute Gasteiger partial charge is 0.326 e. The van der Waals surface area contributed by atoms with Crippen molar-refractivity contribution < 1.29 is 4.79 Å². The third-order valence-electron chi connectivity index (χ3n) is 4.87. The lowest BCUT2D eigenvalue weighted by Gasteiger charge is -2.23. The van der Waals surface area contributed by atoms with Crippen molar-refractivity contribution in [3.63, 3.8) is 0 Å². The summed E-state index contributed by atoms with van der Waals surface area (Å²) in [6.07, 6.45) is 1.99. The van der Waals surface area contributed by atoms with Gasteiger partial charge in [0.2, 0.25) is 5.91 Å². The zero-order valence-corrected chi connectivity index (χ0v) is 16.0. The van der Waals surface area contributed by atoms with Gasteiger partial charge in [-0.05, 0) is 43.9 Å². The van der Waals surface area contributed by atoms with Crippen molar-refractivity contribution in [3.05, 3.63) is 62.3 Å². The topological polar surface area (TPSA) is 76.9 Å². The quantitative estimate of drug-likeness (QED) is 0.758. The highest BCUT2D eigenvalue weighted by Crippen LogP contribution is 2.27. The van der Waals surface area contributed by atoms with Gasteiger partial charge in [-0.15, -0.1) is 11.3 Å². The summed E-state index contributed by atoms with van der Waals surface area (Å²) in [4.78, 5) is 29.1. The van der Waals surface area contributed by atoms with Crippen LogP contribution >= 0.6 is 11.3 Å². The average molecular weight is 380 g/mol. The Morgan fingerprint density at radius 3 is 2.96 bits per heavy atom. The van der Waals surface area contributed by atoms with Gasteiger partial charge < -0.3 is 5.32 Å². The first-order chi connectivity index (χ1) is 13.0. The van der Waals surface area contributed by atoms with E-state index in [1.165, 1.54) is 4.68 Å². The minimum Gasteiger partial charge on any atom is -0.326 e. The van der Waals surface area contributed by atoms with Crippen LogP contribution in [0, 0.1) is 12.8 Å². The number of hydrogen-bond acceptors (Lipinski definition) is 5. The Kier molecular flexibility index (Phi) is 4.61. The van der Waals surface area contributed by atoms with E-state index in [-0.39, 0.29) is 17.4 Å². The fourth-order valence-electron chi connectivity index (χ4n) is 3.41. The van der Waals surface area contributed by atoms with Crippen molar-refractivity contribution in [2.24, 2.45) is 13.0 Å². The number of thiazole rings is 1. The lowest BCUT2D eigenvalue weighted by atomic mass is 9.86. The minimum atomic E-state index is -0.156. The van der Waals surface area contributed by atoms with E-state index in [0.717, 1.165) is 39.6 Å². The Hall–Kier alpha value is -2.80. The summed E-state index contributed by atoms with van der Waals surface area (Å²) in [5.74, 6) is -0.176. The van der Waals surface area contributed by atoms with Crippen molar-refractivity contribution in [2.75, 3.05) is 5.32 Å². The number of anilines is 1. The zero-order valence-electron chi connectivity index (χ0n) is 15.2. The highest BCUT2D eigenvalue weighted by Gasteiger charge is 2.26. The number of carbonyl (C=O) groups is 1. The van der Waals surface area contributed by atoms with Gasteiger partial charge in [0.1, 0.15) is 0 Å². The van der Waals surface area contributed by atoms with E-state index in [2.05, 4.69) is 15.4 Å². The summed E-state index contributed by atoms with van der Waals surface area (Å²) in [6, 6.07) is 9.34. The Balaban J connectivity index is 1.50. The van der Waals surface area contributed by atoms with Crippen molar-refractivity contribution in [2.45, 2.75) is 26.2 Å². The Morgan fingerprint density at radius 2 is 2.19 bits per heavy atom. The summed E-state index contributed by atoms with van der Waals surface area (Å²) in [5, 5.41) is 10.4. The summed E-state index contributed by atoms with van der Waals surface area (Å²) in [6.45, 7) is 1.98. The standard InChI is InChI=1S/C20H20N4O2S/c1-12-21-18(11-27-12)13-4-3-5-16(9-13)22-20(26)14-6-7-17-15(8-14)10-19(25)24(2)23-17/h3-5,9-11,14H,6-8H2,1-2H3,(H,22,26). The molecule has 2 aromatic heterocycles. The first-order valence-electron chi connectivity index (χ1n) is 8.89. The van der Waals surface area contributed by atoms with Gasteiger partial charge in [-0.1, -0.05) is 12.1 Å². The van der Waals surface area contributed by atoms with Gasteiger partial charge in [0, 0.05) is 35.7 Å². The maximum Gasteiger partial charge on any atom is 0.266 e. The molecule has 0 bridgehead atoms. The lowest BCUT2D eigenvalue weighted by molar-refractivity contribution is -0.120. The predicted octanol–water partition coefficient (Wildman–Crippen LogP) is 2.96. The zero-order chi connectivity index (χ0) is 19.0. The maximum absolute atomic E-state index is 12.8. The van der Waals surface area contributed by atoms with E-state index in [1.54, 1.807) is 24.5 Å². The first-order valence-corrected chi connectivity index (χ1v) is 9.77. The van der Waals surface area contributed by atoms with Crippen LogP contribution in [0.5, 0.6) is 0 Å². The van der Waals surface area contributed by atoms with Gasteiger partial charge in [0.25, 0.3) is 5.56 Å². The average Bonchev–Trinajstić information content (AvgIpc) is 3.09. The van der Waals surface area contributed by atoms with Crippen LogP contribution in [0.25, 0.3) is 11.3 Å². The van der Waals surface area contributed by atoms with Crippen LogP contribution in [0.15, 0.2) is 40.5 Å². The molecule has 3 aromatic rings. The van der Waals surface area contributed by atoms with Crippen LogP contribution in [0.4, 0.5) is 5.69 Å². The van der Waals surface area contributed by atoms with Gasteiger partial charge in [0.05, 0.1) is 16.4 Å². The van der Waals surface area contributed by atoms with Crippen LogP contribution < -0.4 is 10.9 Å². The fraction of sp³-hybridized carbons (Fsp3) is 0.300. The molecule has 0 saturated heterocycles. The molecular weight excluding hydrogens is 360 g/mol. The Labute approximate surface area is 160 Å². The lowest BCUT2D eigenvalue weighted by Crippen LogP contribution is -2.31. The van der Waals surface area contributed by atoms with E-state index in [0.29, 0.717) is 12.8 Å². The van der Waals surface area contributed by atoms with Crippen LogP contribution in [0.1, 0.15) is 22.7 Å². The number of aromatic nitrogens is 3. The molecule has 1 N–H and O–H groups in total. The molecule has 1 aliphatic rings. The van der Waals surface area contributed by atoms with Crippen LogP contribution in [0.2, 0.25) is 0 Å². The van der Waals surface area contributed by atoms with E-state index in [9.17, 15) is 9.59 Å². The number of aryl methyl sites for hydroxylation is 3. The molecule has 1 atom stereocenters. The number of rotatable bonds is 3. The molecule has 6 nitrogen and oxygen atoms in total. The second kappa shape index (κ2) is 7.08. The monoisotopic (exact) mass is 380 g/mol. The second-order valence-corrected chi connectivity index (χ2v) is 7.90. The number of amides is 1. The molecule has 1 aliphatic carbocycles. The summed E-state index contributed by atoms with van der Waals surface area (Å²) >= 11 is 1.61. The van der Waals surface area contributed by atoms with Gasteiger partial charge in [-0.2, -0.15) is 5.10 Å². The molecule has 2 heterocycles. The molecule has 0 radical (unpaired) electrons. The van der Waals surface area contributed by atoms with Gasteiger partial charge >= 0.3 is 0 Å². The van der Waals surface area contributed by atoms with Crippen molar-refractivity contribution >= 4 is 22.9 Å². The van der Waals surface area contributed by atoms with E-state index in [1.807, 2.05) is 36.6 Å². The molecule has 0 fully saturated rings. The molecule has 27 heavy (non-hydrogen) atoms. The number of carbonyl (C=O) groups excluding carboxylic acids is 1. The van der Waals surface area contributed by atoms with Crippen molar-refractivity contribution in [3.8, 4) is 11.3 Å². The molecule has 1 aromatic carbocycles. The summed E-state index contributed by atoms with van der Waals surface area (Å²) in [7, 11) is 1.65. The molecule has 0 spiro atoms. The first kappa shape index (κ1) is 17.6.